The molecule has 1 atom stereocenters. The van der Waals surface area contributed by atoms with Crippen molar-refractivity contribution >= 4 is 5.69 Å². The number of hydrogen-bond donors (Lipinski definition) is 1. The summed E-state index contributed by atoms with van der Waals surface area (Å²) >= 11 is 0. The van der Waals surface area contributed by atoms with Crippen molar-refractivity contribution in [1.29, 1.82) is 0 Å². The van der Waals surface area contributed by atoms with Crippen molar-refractivity contribution in [2.24, 2.45) is 0 Å². The number of nitrogens with two attached hydrogens (primary N) is 1. The number of anilines is 1. The van der Waals surface area contributed by atoms with Crippen molar-refractivity contribution in [3.8, 4) is 0 Å². The standard InChI is InChI=1S/C11H16N2O/c1-7(14-2)11-9(8-3-4-8)5-13-6-10(11)12/h5-8H,3-4,12H2,1-2H3. The zero-order chi connectivity index (χ0) is 10.1. The first-order valence-corrected chi connectivity index (χ1v) is 5.00. The third-order valence-electron chi connectivity index (χ3n) is 2.83. The molecule has 0 bridgehead atoms. The van der Waals surface area contributed by atoms with Crippen molar-refractivity contribution in [1.82, 2.24) is 4.98 Å². The van der Waals surface area contributed by atoms with Gasteiger partial charge in [0, 0.05) is 18.9 Å². The first-order chi connectivity index (χ1) is 6.74. The maximum atomic E-state index is 5.92. The zero-order valence-corrected chi connectivity index (χ0v) is 8.66. The van der Waals surface area contributed by atoms with E-state index in [0.717, 1.165) is 11.3 Å². The Labute approximate surface area is 84.3 Å². The highest BCUT2D eigenvalue weighted by molar-refractivity contribution is 5.51. The van der Waals surface area contributed by atoms with Crippen LogP contribution in [0.25, 0.3) is 0 Å². The first-order valence-electron chi connectivity index (χ1n) is 5.00. The Balaban J connectivity index is 2.42. The molecule has 0 aromatic carbocycles. The molecule has 14 heavy (non-hydrogen) atoms. The summed E-state index contributed by atoms with van der Waals surface area (Å²) in [5.74, 6) is 0.665. The topological polar surface area (TPSA) is 48.1 Å². The molecule has 1 saturated carbocycles. The summed E-state index contributed by atoms with van der Waals surface area (Å²) < 4.78 is 5.33. The summed E-state index contributed by atoms with van der Waals surface area (Å²) in [5.41, 5.74) is 9.08. The summed E-state index contributed by atoms with van der Waals surface area (Å²) in [6, 6.07) is 0. The van der Waals surface area contributed by atoms with E-state index in [1.54, 1.807) is 13.3 Å². The van der Waals surface area contributed by atoms with Crippen LogP contribution in [0.4, 0.5) is 5.69 Å². The molecule has 1 aliphatic rings. The van der Waals surface area contributed by atoms with Gasteiger partial charge in [-0.3, -0.25) is 4.98 Å². The molecule has 0 radical (unpaired) electrons. The van der Waals surface area contributed by atoms with Crippen LogP contribution in [0.5, 0.6) is 0 Å². The highest BCUT2D eigenvalue weighted by Crippen LogP contribution is 2.44. The first kappa shape index (κ1) is 9.46. The average molecular weight is 192 g/mol. The van der Waals surface area contributed by atoms with E-state index in [-0.39, 0.29) is 6.10 Å². The normalized spacial score (nSPS) is 18.1. The van der Waals surface area contributed by atoms with Crippen LogP contribution < -0.4 is 5.73 Å². The molecule has 1 aromatic rings. The Kier molecular flexibility index (Phi) is 2.42. The van der Waals surface area contributed by atoms with Crippen molar-refractivity contribution in [3.63, 3.8) is 0 Å². The van der Waals surface area contributed by atoms with Crippen LogP contribution in [0, 0.1) is 0 Å². The highest BCUT2D eigenvalue weighted by atomic mass is 16.5. The molecule has 0 saturated heterocycles. The van der Waals surface area contributed by atoms with Gasteiger partial charge >= 0.3 is 0 Å². The largest absolute Gasteiger partial charge is 0.397 e. The van der Waals surface area contributed by atoms with E-state index in [1.807, 2.05) is 13.1 Å². The van der Waals surface area contributed by atoms with Gasteiger partial charge in [-0.15, -0.1) is 0 Å². The highest BCUT2D eigenvalue weighted by Gasteiger charge is 2.28. The Hall–Kier alpha value is -1.09. The summed E-state index contributed by atoms with van der Waals surface area (Å²) in [5, 5.41) is 0. The third kappa shape index (κ3) is 1.60. The minimum atomic E-state index is 0.0635. The number of nitrogen functional groups attached to an aromatic ring is 1. The molecule has 1 fully saturated rings. The fourth-order valence-corrected chi connectivity index (χ4v) is 1.81. The van der Waals surface area contributed by atoms with Crippen LogP contribution in [0.15, 0.2) is 12.4 Å². The fourth-order valence-electron chi connectivity index (χ4n) is 1.81. The maximum Gasteiger partial charge on any atom is 0.0816 e. The summed E-state index contributed by atoms with van der Waals surface area (Å²) in [6.07, 6.45) is 6.22. The van der Waals surface area contributed by atoms with Crippen LogP contribution in [-0.4, -0.2) is 12.1 Å². The average Bonchev–Trinajstić information content (AvgIpc) is 2.99. The Morgan fingerprint density at radius 2 is 2.21 bits per heavy atom. The van der Waals surface area contributed by atoms with Gasteiger partial charge in [-0.25, -0.2) is 0 Å². The van der Waals surface area contributed by atoms with Gasteiger partial charge < -0.3 is 10.5 Å². The number of ether oxygens (including phenoxy) is 1. The predicted octanol–water partition coefficient (Wildman–Crippen LogP) is 2.25. The molecule has 1 aromatic heterocycles. The molecule has 0 aliphatic heterocycles. The van der Waals surface area contributed by atoms with Gasteiger partial charge in [0.2, 0.25) is 0 Å². The lowest BCUT2D eigenvalue weighted by Crippen LogP contribution is -2.06. The van der Waals surface area contributed by atoms with E-state index < -0.39 is 0 Å². The monoisotopic (exact) mass is 192 g/mol. The van der Waals surface area contributed by atoms with E-state index in [9.17, 15) is 0 Å². The van der Waals surface area contributed by atoms with E-state index in [0.29, 0.717) is 5.92 Å². The molecule has 3 heteroatoms. The van der Waals surface area contributed by atoms with Crippen molar-refractivity contribution in [2.45, 2.75) is 31.8 Å². The second kappa shape index (κ2) is 3.58. The zero-order valence-electron chi connectivity index (χ0n) is 8.66. The minimum absolute atomic E-state index is 0.0635. The molecule has 0 spiro atoms. The third-order valence-corrected chi connectivity index (χ3v) is 2.83. The number of rotatable bonds is 3. The number of aromatic nitrogens is 1. The van der Waals surface area contributed by atoms with Gasteiger partial charge in [-0.1, -0.05) is 0 Å². The molecular formula is C11H16N2O. The van der Waals surface area contributed by atoms with Gasteiger partial charge in [-0.2, -0.15) is 0 Å². The Morgan fingerprint density at radius 1 is 1.50 bits per heavy atom. The Morgan fingerprint density at radius 3 is 2.79 bits per heavy atom. The smallest absolute Gasteiger partial charge is 0.0816 e. The quantitative estimate of drug-likeness (QED) is 0.799. The van der Waals surface area contributed by atoms with Gasteiger partial charge in [0.05, 0.1) is 18.0 Å². The van der Waals surface area contributed by atoms with Crippen LogP contribution in [-0.2, 0) is 4.74 Å². The molecule has 76 valence electrons. The molecule has 2 rings (SSSR count). The molecule has 3 nitrogen and oxygen atoms in total. The molecule has 2 N–H and O–H groups in total. The molecule has 1 aliphatic carbocycles. The van der Waals surface area contributed by atoms with Crippen molar-refractivity contribution in [2.75, 3.05) is 12.8 Å². The van der Waals surface area contributed by atoms with Crippen LogP contribution in [0.3, 0.4) is 0 Å². The summed E-state index contributed by atoms with van der Waals surface area (Å²) in [4.78, 5) is 4.14. The van der Waals surface area contributed by atoms with Gasteiger partial charge in [0.25, 0.3) is 0 Å². The van der Waals surface area contributed by atoms with E-state index in [2.05, 4.69) is 4.98 Å². The maximum absolute atomic E-state index is 5.92. The van der Waals surface area contributed by atoms with Crippen LogP contribution in [0.1, 0.15) is 42.9 Å². The fraction of sp³-hybridized carbons (Fsp3) is 0.545. The lowest BCUT2D eigenvalue weighted by atomic mass is 10.0. The van der Waals surface area contributed by atoms with Crippen molar-refractivity contribution in [3.05, 3.63) is 23.5 Å². The number of hydrogen-bond acceptors (Lipinski definition) is 3. The van der Waals surface area contributed by atoms with Crippen molar-refractivity contribution < 1.29 is 4.74 Å². The number of methoxy groups -OCH3 is 1. The van der Waals surface area contributed by atoms with Gasteiger partial charge in [0.1, 0.15) is 0 Å². The van der Waals surface area contributed by atoms with E-state index in [4.69, 9.17) is 10.5 Å². The van der Waals surface area contributed by atoms with Crippen LogP contribution in [0.2, 0.25) is 0 Å². The van der Waals surface area contributed by atoms with E-state index in [1.165, 1.54) is 18.4 Å². The van der Waals surface area contributed by atoms with Gasteiger partial charge in [0.15, 0.2) is 0 Å². The SMILES string of the molecule is COC(C)c1c(N)cncc1C1CC1. The Bertz CT molecular complexity index is 334. The second-order valence-electron chi connectivity index (χ2n) is 3.88. The summed E-state index contributed by atoms with van der Waals surface area (Å²) in [6.45, 7) is 2.03. The number of nitrogens with zero attached hydrogens (tertiary/aromatic N) is 1. The summed E-state index contributed by atoms with van der Waals surface area (Å²) in [7, 11) is 1.71. The lowest BCUT2D eigenvalue weighted by Gasteiger charge is -2.16. The molecule has 1 heterocycles. The van der Waals surface area contributed by atoms with Crippen LogP contribution >= 0.6 is 0 Å². The minimum Gasteiger partial charge on any atom is -0.397 e. The predicted molar refractivity (Wildman–Crippen MR) is 56.0 cm³/mol. The van der Waals surface area contributed by atoms with E-state index >= 15 is 0 Å². The lowest BCUT2D eigenvalue weighted by molar-refractivity contribution is 0.119. The molecule has 1 unspecified atom stereocenters. The number of pyridine rings is 1. The molecular weight excluding hydrogens is 176 g/mol. The van der Waals surface area contributed by atoms with Gasteiger partial charge in [-0.05, 0) is 31.2 Å². The molecule has 0 amide bonds. The second-order valence-corrected chi connectivity index (χ2v) is 3.88.